The topological polar surface area (TPSA) is 173 Å². The maximum absolute atomic E-state index is 13.1. The first-order valence-electron chi connectivity index (χ1n) is 9.41. The van der Waals surface area contributed by atoms with E-state index in [2.05, 4.69) is 15.9 Å². The number of halogens is 1. The number of amides is 1. The predicted molar refractivity (Wildman–Crippen MR) is 120 cm³/mol. The van der Waals surface area contributed by atoms with Gasteiger partial charge in [-0.15, -0.1) is 0 Å². The summed E-state index contributed by atoms with van der Waals surface area (Å²) in [5.41, 5.74) is -1.72. The molecule has 13 nitrogen and oxygen atoms in total. The van der Waals surface area contributed by atoms with Gasteiger partial charge in [-0.2, -0.15) is 8.42 Å². The lowest BCUT2D eigenvalue weighted by Crippen LogP contribution is -2.34. The summed E-state index contributed by atoms with van der Waals surface area (Å²) in [6.07, 6.45) is 1.74. The molecule has 0 aromatic heterocycles. The monoisotopic (exact) mass is 540 g/mol. The van der Waals surface area contributed by atoms with E-state index in [1.54, 1.807) is 0 Å². The second-order valence-corrected chi connectivity index (χ2v) is 9.17. The summed E-state index contributed by atoms with van der Waals surface area (Å²) in [7, 11) is -2.33. The molecule has 1 rings (SSSR count). The molecule has 1 aromatic carbocycles. The number of anilines is 1. The minimum atomic E-state index is -3.77. The molecule has 0 aliphatic rings. The molecule has 0 unspecified atom stereocenters. The maximum Gasteiger partial charge on any atom is 0.300 e. The quantitative estimate of drug-likeness (QED) is 0.120. The third-order valence-electron chi connectivity index (χ3n) is 4.29. The van der Waals surface area contributed by atoms with Crippen LogP contribution in [0.15, 0.2) is 12.1 Å². The predicted octanol–water partition coefficient (Wildman–Crippen LogP) is 1.52. The summed E-state index contributed by atoms with van der Waals surface area (Å²) in [6.45, 7) is -0.216. The molecule has 180 valence electrons. The number of rotatable bonds is 14. The largest absolute Gasteiger partial charge is 0.396 e. The number of alkyl halides is 1. The van der Waals surface area contributed by atoms with E-state index in [9.17, 15) is 33.4 Å². The Balaban J connectivity index is 3.56. The number of benzene rings is 1. The van der Waals surface area contributed by atoms with E-state index in [-0.39, 0.29) is 44.1 Å². The van der Waals surface area contributed by atoms with Crippen LogP contribution < -0.4 is 4.90 Å². The fraction of sp³-hybridized carbons (Fsp3) is 0.588. The van der Waals surface area contributed by atoms with E-state index in [1.807, 2.05) is 0 Å². The number of unbranched alkanes of at least 4 members (excludes halogenated alkanes) is 1. The lowest BCUT2D eigenvalue weighted by Gasteiger charge is -2.27. The van der Waals surface area contributed by atoms with Gasteiger partial charge in [0.05, 0.1) is 34.3 Å². The van der Waals surface area contributed by atoms with E-state index in [1.165, 1.54) is 16.8 Å². The number of aliphatic hydroxyl groups excluding tert-OH is 1. The molecule has 0 spiro atoms. The Hall–Kier alpha value is -2.36. The minimum Gasteiger partial charge on any atom is -0.396 e. The van der Waals surface area contributed by atoms with Crippen molar-refractivity contribution in [3.8, 4) is 0 Å². The number of carbonyl (C=O) groups excluding carboxylic acids is 1. The van der Waals surface area contributed by atoms with Gasteiger partial charge in [0.2, 0.25) is 0 Å². The van der Waals surface area contributed by atoms with Crippen LogP contribution in [0.1, 0.15) is 23.2 Å². The first kappa shape index (κ1) is 27.7. The number of non-ortho nitro benzene ring substituents is 1. The van der Waals surface area contributed by atoms with Crippen LogP contribution in [0.25, 0.3) is 0 Å². The summed E-state index contributed by atoms with van der Waals surface area (Å²) >= 11 is 3.21. The van der Waals surface area contributed by atoms with Crippen molar-refractivity contribution in [3.63, 3.8) is 0 Å². The normalized spacial score (nSPS) is 11.2. The zero-order valence-electron chi connectivity index (χ0n) is 17.6. The van der Waals surface area contributed by atoms with Crippen molar-refractivity contribution in [3.05, 3.63) is 37.9 Å². The highest BCUT2D eigenvalue weighted by Gasteiger charge is 2.32. The molecule has 0 fully saturated rings. The van der Waals surface area contributed by atoms with Gasteiger partial charge in [-0.3, -0.25) is 29.2 Å². The SMILES string of the molecule is CN(CCCCO)C(=O)c1cc([N+](=O)[O-])cc([N+](=O)[O-])c1N(CCBr)CCOS(C)(=O)=O. The van der Waals surface area contributed by atoms with Gasteiger partial charge in [0.25, 0.3) is 27.4 Å². The smallest absolute Gasteiger partial charge is 0.300 e. The summed E-state index contributed by atoms with van der Waals surface area (Å²) < 4.78 is 27.3. The Bertz CT molecular complexity index is 942. The maximum atomic E-state index is 13.1. The van der Waals surface area contributed by atoms with Crippen molar-refractivity contribution in [2.45, 2.75) is 12.8 Å². The standard InChI is InChI=1S/C17H25BrN4O9S/c1-19(6-3-4-9-23)17(24)14-11-13(21(25)26)12-15(22(27)28)16(14)20(7-5-18)8-10-31-32(2,29)30/h11-12,23H,3-10H2,1-2H3. The van der Waals surface area contributed by atoms with Crippen LogP contribution >= 0.6 is 15.9 Å². The van der Waals surface area contributed by atoms with Crippen molar-refractivity contribution >= 4 is 49.0 Å². The molecule has 0 aliphatic carbocycles. The Kier molecular flexibility index (Phi) is 10.9. The van der Waals surface area contributed by atoms with Crippen LogP contribution in [-0.2, 0) is 14.3 Å². The van der Waals surface area contributed by atoms with Crippen LogP contribution in [0.4, 0.5) is 17.1 Å². The minimum absolute atomic E-state index is 0.0745. The fourth-order valence-corrected chi connectivity index (χ4v) is 3.65. The van der Waals surface area contributed by atoms with E-state index >= 15 is 0 Å². The highest BCUT2D eigenvalue weighted by molar-refractivity contribution is 9.09. The van der Waals surface area contributed by atoms with Gasteiger partial charge in [-0.05, 0) is 12.8 Å². The van der Waals surface area contributed by atoms with Crippen LogP contribution in [0, 0.1) is 20.2 Å². The van der Waals surface area contributed by atoms with Crippen molar-refractivity contribution in [2.75, 3.05) is 56.4 Å². The number of nitro groups is 2. The third-order valence-corrected chi connectivity index (χ3v) is 5.24. The number of nitrogens with zero attached hydrogens (tertiary/aromatic N) is 4. The number of nitro benzene ring substituents is 2. The number of hydrogen-bond acceptors (Lipinski definition) is 10. The average Bonchev–Trinajstić information content (AvgIpc) is 2.70. The zero-order chi connectivity index (χ0) is 24.5. The molecule has 1 amide bonds. The van der Waals surface area contributed by atoms with Crippen LogP contribution in [0.3, 0.4) is 0 Å². The molecule has 0 aliphatic heterocycles. The Morgan fingerprint density at radius 2 is 1.81 bits per heavy atom. The summed E-state index contributed by atoms with van der Waals surface area (Å²) in [5, 5.41) is 32.3. The molecule has 0 heterocycles. The molecular weight excluding hydrogens is 516 g/mol. The number of hydrogen-bond donors (Lipinski definition) is 1. The molecule has 1 aromatic rings. The molecule has 0 atom stereocenters. The first-order chi connectivity index (χ1) is 14.9. The van der Waals surface area contributed by atoms with Gasteiger partial charge in [-0.25, -0.2) is 0 Å². The number of carbonyl (C=O) groups is 1. The van der Waals surface area contributed by atoms with Crippen LogP contribution in [0.5, 0.6) is 0 Å². The molecule has 15 heteroatoms. The van der Waals surface area contributed by atoms with Gasteiger partial charge in [-0.1, -0.05) is 15.9 Å². The molecule has 0 bridgehead atoms. The van der Waals surface area contributed by atoms with E-state index in [4.69, 9.17) is 9.29 Å². The van der Waals surface area contributed by atoms with E-state index in [0.717, 1.165) is 18.4 Å². The Morgan fingerprint density at radius 1 is 1.16 bits per heavy atom. The Morgan fingerprint density at radius 3 is 2.31 bits per heavy atom. The van der Waals surface area contributed by atoms with Crippen molar-refractivity contribution in [1.29, 1.82) is 0 Å². The van der Waals surface area contributed by atoms with Crippen LogP contribution in [-0.4, -0.2) is 85.7 Å². The van der Waals surface area contributed by atoms with E-state index < -0.39 is 37.2 Å². The summed E-state index contributed by atoms with van der Waals surface area (Å²) in [5.74, 6) is -0.687. The lowest BCUT2D eigenvalue weighted by molar-refractivity contribution is -0.393. The van der Waals surface area contributed by atoms with Crippen molar-refractivity contribution in [2.24, 2.45) is 0 Å². The van der Waals surface area contributed by atoms with E-state index in [0.29, 0.717) is 18.2 Å². The summed E-state index contributed by atoms with van der Waals surface area (Å²) in [4.78, 5) is 37.2. The second-order valence-electron chi connectivity index (χ2n) is 6.73. The van der Waals surface area contributed by atoms with Gasteiger partial charge >= 0.3 is 0 Å². The molecular formula is C17H25BrN4O9S. The fourth-order valence-electron chi connectivity index (χ4n) is 2.85. The molecule has 1 N–H and O–H groups in total. The van der Waals surface area contributed by atoms with Gasteiger partial charge in [0, 0.05) is 44.7 Å². The average molecular weight is 541 g/mol. The van der Waals surface area contributed by atoms with Gasteiger partial charge in [0.15, 0.2) is 0 Å². The molecule has 0 saturated carbocycles. The second kappa shape index (κ2) is 12.6. The Labute approximate surface area is 193 Å². The third kappa shape index (κ3) is 8.29. The zero-order valence-corrected chi connectivity index (χ0v) is 20.0. The molecule has 0 radical (unpaired) electrons. The van der Waals surface area contributed by atoms with Gasteiger partial charge < -0.3 is 14.9 Å². The first-order valence-corrected chi connectivity index (χ1v) is 12.3. The lowest BCUT2D eigenvalue weighted by atomic mass is 10.1. The van der Waals surface area contributed by atoms with Crippen molar-refractivity contribution < 1.29 is 32.3 Å². The number of aliphatic hydroxyl groups is 1. The molecule has 0 saturated heterocycles. The summed E-state index contributed by atoms with van der Waals surface area (Å²) in [6, 6.07) is 1.72. The highest BCUT2D eigenvalue weighted by atomic mass is 79.9. The highest BCUT2D eigenvalue weighted by Crippen LogP contribution is 2.37. The van der Waals surface area contributed by atoms with Gasteiger partial charge in [0.1, 0.15) is 5.69 Å². The van der Waals surface area contributed by atoms with Crippen LogP contribution in [0.2, 0.25) is 0 Å². The van der Waals surface area contributed by atoms with Crippen molar-refractivity contribution in [1.82, 2.24) is 4.90 Å². The molecule has 32 heavy (non-hydrogen) atoms.